The van der Waals surface area contributed by atoms with Crippen LogP contribution in [0, 0.1) is 34.6 Å². The molecule has 0 N–H and O–H groups in total. The molecule has 0 saturated carbocycles. The number of hydrogen-bond acceptors (Lipinski definition) is 0. The Labute approximate surface area is 795 Å². The summed E-state index contributed by atoms with van der Waals surface area (Å²) >= 11 is 0. The molecule has 0 fully saturated rings. The topological polar surface area (TPSA) is 14.8 Å². The average Bonchev–Trinajstić information content (AvgIpc) is 1.29. The van der Waals surface area contributed by atoms with Crippen LogP contribution >= 0.6 is 0 Å². The number of fused-ring (bicyclic) bond motifs is 15. The lowest BCUT2D eigenvalue weighted by molar-refractivity contribution is 0.590. The summed E-state index contributed by atoms with van der Waals surface area (Å²) in [7, 11) is 0. The van der Waals surface area contributed by atoms with Gasteiger partial charge in [-0.05, 0) is 300 Å². The van der Waals surface area contributed by atoms with Crippen molar-refractivity contribution in [2.75, 3.05) is 0 Å². The Hall–Kier alpha value is -16.2. The third-order valence-electron chi connectivity index (χ3n) is 28.8. The number of aryl methyl sites for hydroxylation is 5. The van der Waals surface area contributed by atoms with Crippen molar-refractivity contribution in [3.8, 4) is 95.0 Å². The smallest absolute Gasteiger partial charge is 0.0541 e. The Balaban J connectivity index is 0.000000115. The van der Waals surface area contributed by atoms with Crippen LogP contribution in [0.3, 0.4) is 0 Å². The molecular formula is C133H105N3. The Morgan fingerprint density at radius 3 is 0.654 bits per heavy atom. The molecule has 25 aromatic rings. The van der Waals surface area contributed by atoms with Crippen LogP contribution in [0.2, 0.25) is 0 Å². The second-order valence-electron chi connectivity index (χ2n) is 39.3. The minimum atomic E-state index is 0.0262. The highest BCUT2D eigenvalue weighted by molar-refractivity contribution is 6.25. The van der Waals surface area contributed by atoms with Crippen molar-refractivity contribution in [2.24, 2.45) is 0 Å². The summed E-state index contributed by atoms with van der Waals surface area (Å²) < 4.78 is 7.17. The number of rotatable bonds is 10. The van der Waals surface area contributed by atoms with Gasteiger partial charge in [0.15, 0.2) is 0 Å². The lowest BCUT2D eigenvalue weighted by Crippen LogP contribution is -2.10. The maximum Gasteiger partial charge on any atom is 0.0541 e. The van der Waals surface area contributed by atoms with Gasteiger partial charge < -0.3 is 13.7 Å². The Kier molecular flexibility index (Phi) is 20.9. The second kappa shape index (κ2) is 33.8. The van der Waals surface area contributed by atoms with E-state index in [2.05, 4.69) is 527 Å². The zero-order chi connectivity index (χ0) is 92.4. The summed E-state index contributed by atoms with van der Waals surface area (Å²) in [5, 5.41) is 23.2. The molecule has 0 spiro atoms. The van der Waals surface area contributed by atoms with E-state index in [4.69, 9.17) is 0 Å². The van der Waals surface area contributed by atoms with Crippen LogP contribution in [0.25, 0.3) is 225 Å². The van der Waals surface area contributed by atoms with Crippen LogP contribution < -0.4 is 0 Å². The van der Waals surface area contributed by atoms with E-state index in [-0.39, 0.29) is 10.8 Å². The zero-order valence-corrected chi connectivity index (χ0v) is 78.9. The van der Waals surface area contributed by atoms with Gasteiger partial charge in [-0.1, -0.05) is 405 Å². The molecule has 0 atom stereocenters. The average molecular weight is 1750 g/mol. The van der Waals surface area contributed by atoms with E-state index in [0.29, 0.717) is 0 Å². The molecule has 0 radical (unpaired) electrons. The number of hydrogen-bond donors (Lipinski definition) is 0. The zero-order valence-electron chi connectivity index (χ0n) is 78.9. The van der Waals surface area contributed by atoms with Crippen molar-refractivity contribution < 1.29 is 0 Å². The van der Waals surface area contributed by atoms with E-state index >= 15 is 0 Å². The van der Waals surface area contributed by atoms with Gasteiger partial charge in [0.25, 0.3) is 0 Å². The fraction of sp³-hybridized carbons (Fsp3) is 0.0977. The van der Waals surface area contributed by atoms with Crippen LogP contribution in [0.1, 0.15) is 80.5 Å². The molecule has 0 unspecified atom stereocenters. The number of benzene rings is 22. The van der Waals surface area contributed by atoms with Gasteiger partial charge in [0.2, 0.25) is 0 Å². The van der Waals surface area contributed by atoms with Gasteiger partial charge in [0.05, 0.1) is 33.1 Å². The normalized spacial score (nSPS) is 11.9. The molecule has 3 heterocycles. The Bertz CT molecular complexity index is 8790. The first-order valence-corrected chi connectivity index (χ1v) is 47.8. The van der Waals surface area contributed by atoms with Crippen LogP contribution in [-0.4, -0.2) is 13.7 Å². The minimum Gasteiger partial charge on any atom is -0.309 e. The summed E-state index contributed by atoms with van der Waals surface area (Å²) in [5.41, 5.74) is 38.0. The van der Waals surface area contributed by atoms with Crippen LogP contribution in [-0.2, 0) is 10.8 Å². The molecule has 3 heteroatoms. The van der Waals surface area contributed by atoms with Crippen molar-refractivity contribution >= 4 is 130 Å². The summed E-state index contributed by atoms with van der Waals surface area (Å²) in [4.78, 5) is 0. The van der Waals surface area contributed by atoms with E-state index in [1.165, 1.54) is 264 Å². The lowest BCUT2D eigenvalue weighted by atomic mass is 9.81. The highest BCUT2D eigenvalue weighted by Crippen LogP contribution is 2.51. The second-order valence-corrected chi connectivity index (χ2v) is 39.3. The molecule has 22 aromatic carbocycles. The van der Waals surface area contributed by atoms with Crippen molar-refractivity contribution in [3.05, 3.63) is 476 Å². The van der Waals surface area contributed by atoms with Gasteiger partial charge in [-0.25, -0.2) is 0 Å². The van der Waals surface area contributed by atoms with E-state index < -0.39 is 0 Å². The minimum absolute atomic E-state index is 0.0262. The first kappa shape index (κ1) is 84.1. The molecule has 0 amide bonds. The SMILES string of the molecule is CC(C)(C)c1ccc2c(-c3ccc(-n4c5ccccc5c5ccccc54)cc3)c3ccccc3c(-c3ccc(-c4ccccc4)cc3)c2c1.Cc1cc2c(-c3ccccc3)c3cc(C)c(C)cc3c(-c3ccc(-n4c5ccccc5c5ccccc54)cc3)c2cc1C.Cc1ccc2c(-c3ccc(-n4c5ccccc5c5ccccc54)cc3)c3ccccc3c(-c3ccc(C(C)(C)C)cc3)c2c1. The van der Waals surface area contributed by atoms with Crippen LogP contribution in [0.15, 0.2) is 437 Å². The standard InChI is InChI=1S/C48H37N.C43H35N.C42H33N/c1-48(2,3)36-27-30-42-43(31-36)47(34-23-21-33(22-24-34)32-13-5-4-6-14-32)41-18-8-7-17-40(41)46(42)35-25-28-37(29-26-35)49-44-19-11-9-15-38(44)39-16-10-12-20-45(39)49;1-28-17-26-37-38(27-28)42(29-18-22-31(23-19-29)43(2,3)4)36-14-6-5-13-35(36)41(37)30-20-24-32(25-21-30)44-39-15-9-7-11-33(39)34-12-8-10-16-40(34)44;1-26-22-35-37(24-28(26)3)42(38-25-29(4)27(2)23-36(38)41(35)30-12-6-5-7-13-30)31-18-20-32(21-19-31)43-39-16-10-8-14-33(39)34-15-9-11-17-40(34)43/h4-31H,1-3H3;5-27H,1-4H3;5-25H,1-4H3. The Morgan fingerprint density at radius 1 is 0.147 bits per heavy atom. The Morgan fingerprint density at radius 2 is 0.346 bits per heavy atom. The molecule has 3 nitrogen and oxygen atoms in total. The highest BCUT2D eigenvalue weighted by Gasteiger charge is 2.27. The third-order valence-corrected chi connectivity index (χ3v) is 28.8. The van der Waals surface area contributed by atoms with Crippen molar-refractivity contribution in [1.82, 2.24) is 13.7 Å². The van der Waals surface area contributed by atoms with Gasteiger partial charge in [0.1, 0.15) is 0 Å². The predicted octanol–water partition coefficient (Wildman–Crippen LogP) is 37.1. The summed E-state index contributed by atoms with van der Waals surface area (Å²) in [5.74, 6) is 0. The number of para-hydroxylation sites is 6. The van der Waals surface area contributed by atoms with E-state index in [1.54, 1.807) is 0 Å². The molecule has 136 heavy (non-hydrogen) atoms. The largest absolute Gasteiger partial charge is 0.309 e. The lowest BCUT2D eigenvalue weighted by Gasteiger charge is -2.23. The maximum absolute atomic E-state index is 2.44. The van der Waals surface area contributed by atoms with Crippen molar-refractivity contribution in [3.63, 3.8) is 0 Å². The highest BCUT2D eigenvalue weighted by atomic mass is 15.0. The molecule has 652 valence electrons. The summed E-state index contributed by atoms with van der Waals surface area (Å²) in [6, 6.07) is 161. The van der Waals surface area contributed by atoms with Gasteiger partial charge in [0, 0.05) is 49.4 Å². The van der Waals surface area contributed by atoms with Crippen molar-refractivity contribution in [1.29, 1.82) is 0 Å². The van der Waals surface area contributed by atoms with Gasteiger partial charge >= 0.3 is 0 Å². The first-order chi connectivity index (χ1) is 66.3. The molecule has 3 aromatic heterocycles. The van der Waals surface area contributed by atoms with Gasteiger partial charge in [-0.15, -0.1) is 0 Å². The molecule has 0 bridgehead atoms. The van der Waals surface area contributed by atoms with E-state index in [0.717, 1.165) is 0 Å². The van der Waals surface area contributed by atoms with E-state index in [9.17, 15) is 0 Å². The molecule has 0 aliphatic carbocycles. The van der Waals surface area contributed by atoms with Crippen LogP contribution in [0.4, 0.5) is 0 Å². The third kappa shape index (κ3) is 14.6. The fourth-order valence-electron chi connectivity index (χ4n) is 21.7. The maximum atomic E-state index is 2.44. The molecular weight excluding hydrogens is 1640 g/mol. The van der Waals surface area contributed by atoms with Gasteiger partial charge in [-0.2, -0.15) is 0 Å². The number of aromatic nitrogens is 3. The predicted molar refractivity (Wildman–Crippen MR) is 587 cm³/mol. The first-order valence-electron chi connectivity index (χ1n) is 47.8. The van der Waals surface area contributed by atoms with E-state index in [1.807, 2.05) is 0 Å². The number of nitrogens with zero attached hydrogens (tertiary/aromatic N) is 3. The molecule has 0 saturated heterocycles. The van der Waals surface area contributed by atoms with Crippen molar-refractivity contribution in [2.45, 2.75) is 87.0 Å². The van der Waals surface area contributed by atoms with Crippen LogP contribution in [0.5, 0.6) is 0 Å². The summed E-state index contributed by atoms with van der Waals surface area (Å²) in [6.07, 6.45) is 0. The molecule has 0 aliphatic heterocycles. The molecule has 0 aliphatic rings. The quantitative estimate of drug-likeness (QED) is 0.121. The monoisotopic (exact) mass is 1740 g/mol. The molecule has 25 rings (SSSR count). The fourth-order valence-corrected chi connectivity index (χ4v) is 21.7. The van der Waals surface area contributed by atoms with Gasteiger partial charge in [-0.3, -0.25) is 0 Å². The summed E-state index contributed by atoms with van der Waals surface area (Å²) in [6.45, 7) is 24.9.